The van der Waals surface area contributed by atoms with Gasteiger partial charge in [-0.3, -0.25) is 0 Å². The molecule has 6 heteroatoms. The first-order chi connectivity index (χ1) is 18.5. The summed E-state index contributed by atoms with van der Waals surface area (Å²) in [6, 6.07) is 19.8. The Labute approximate surface area is 227 Å². The predicted molar refractivity (Wildman–Crippen MR) is 151 cm³/mol. The average molecular weight is 519 g/mol. The van der Waals surface area contributed by atoms with Crippen LogP contribution in [0.25, 0.3) is 0 Å². The molecule has 1 spiro atoms. The van der Waals surface area contributed by atoms with Crippen molar-refractivity contribution in [3.05, 3.63) is 82.9 Å². The third kappa shape index (κ3) is 3.03. The van der Waals surface area contributed by atoms with Gasteiger partial charge in [-0.1, -0.05) is 27.7 Å². The smallest absolute Gasteiger partial charge is 0.172 e. The molecule has 4 aromatic rings. The van der Waals surface area contributed by atoms with E-state index in [4.69, 9.17) is 30.4 Å². The lowest BCUT2D eigenvalue weighted by atomic mass is 9.72. The van der Waals surface area contributed by atoms with Crippen molar-refractivity contribution in [2.24, 2.45) is 0 Å². The molecular formula is C33H30N2O4. The van der Waals surface area contributed by atoms with E-state index in [0.717, 1.165) is 35.8 Å². The van der Waals surface area contributed by atoms with Gasteiger partial charge in [0.25, 0.3) is 0 Å². The van der Waals surface area contributed by atoms with Gasteiger partial charge in [-0.15, -0.1) is 0 Å². The molecule has 0 fully saturated rings. The zero-order chi connectivity index (χ0) is 26.9. The molecule has 4 aliphatic rings. The second kappa shape index (κ2) is 7.00. The van der Waals surface area contributed by atoms with Crippen molar-refractivity contribution < 1.29 is 18.9 Å². The molecule has 2 heterocycles. The number of rotatable bonds is 0. The topological polar surface area (TPSA) is 89.0 Å². The molecule has 0 radical (unpaired) electrons. The third-order valence-electron chi connectivity index (χ3n) is 8.96. The molecule has 2 aliphatic carbocycles. The first-order valence-electron chi connectivity index (χ1n) is 13.4. The zero-order valence-corrected chi connectivity index (χ0v) is 22.5. The van der Waals surface area contributed by atoms with Gasteiger partial charge in [-0.25, -0.2) is 0 Å². The minimum Gasteiger partial charge on any atom is -0.449 e. The van der Waals surface area contributed by atoms with Crippen LogP contribution in [0.1, 0.15) is 62.8 Å². The van der Waals surface area contributed by atoms with E-state index in [1.807, 2.05) is 36.4 Å². The van der Waals surface area contributed by atoms with Gasteiger partial charge in [-0.05, 0) is 94.5 Å². The zero-order valence-electron chi connectivity index (χ0n) is 22.5. The van der Waals surface area contributed by atoms with Crippen molar-refractivity contribution in [1.29, 1.82) is 0 Å². The lowest BCUT2D eigenvalue weighted by molar-refractivity contribution is 0.348. The maximum atomic E-state index is 6.37. The van der Waals surface area contributed by atoms with Crippen LogP contribution in [0.5, 0.6) is 46.0 Å². The molecule has 6 nitrogen and oxygen atoms in total. The fraction of sp³-hybridized carbons (Fsp3) is 0.273. The number of nitrogens with two attached hydrogens (primary N) is 2. The van der Waals surface area contributed by atoms with Crippen molar-refractivity contribution in [3.8, 4) is 46.0 Å². The normalized spacial score (nSPS) is 19.2. The number of fused-ring (bicyclic) bond motifs is 8. The van der Waals surface area contributed by atoms with Crippen LogP contribution in [0, 0.1) is 0 Å². The summed E-state index contributed by atoms with van der Waals surface area (Å²) >= 11 is 0. The van der Waals surface area contributed by atoms with Crippen molar-refractivity contribution in [3.63, 3.8) is 0 Å². The van der Waals surface area contributed by atoms with Crippen molar-refractivity contribution in [1.82, 2.24) is 0 Å². The molecule has 8 rings (SSSR count). The monoisotopic (exact) mass is 518 g/mol. The van der Waals surface area contributed by atoms with Crippen LogP contribution < -0.4 is 30.4 Å². The maximum Gasteiger partial charge on any atom is 0.172 e. The van der Waals surface area contributed by atoms with Crippen LogP contribution in [0.2, 0.25) is 0 Å². The Bertz CT molecular complexity index is 1620. The van der Waals surface area contributed by atoms with Gasteiger partial charge in [-0.2, -0.15) is 0 Å². The molecule has 0 atom stereocenters. The van der Waals surface area contributed by atoms with Gasteiger partial charge in [0.05, 0.1) is 0 Å². The second-order valence-electron chi connectivity index (χ2n) is 12.7. The van der Waals surface area contributed by atoms with Gasteiger partial charge in [0.2, 0.25) is 0 Å². The second-order valence-corrected chi connectivity index (χ2v) is 12.7. The molecule has 4 aromatic carbocycles. The van der Waals surface area contributed by atoms with Gasteiger partial charge in [0, 0.05) is 28.9 Å². The van der Waals surface area contributed by atoms with Crippen LogP contribution in [0.4, 0.5) is 11.4 Å². The highest BCUT2D eigenvalue weighted by Gasteiger charge is 2.57. The lowest BCUT2D eigenvalue weighted by Crippen LogP contribution is -2.27. The van der Waals surface area contributed by atoms with Gasteiger partial charge in [0.15, 0.2) is 46.0 Å². The summed E-state index contributed by atoms with van der Waals surface area (Å²) in [5.41, 5.74) is 18.1. The highest BCUT2D eigenvalue weighted by molar-refractivity contribution is 5.69. The summed E-state index contributed by atoms with van der Waals surface area (Å²) in [6.07, 6.45) is 1.95. The van der Waals surface area contributed by atoms with E-state index in [0.29, 0.717) is 34.4 Å². The number of hydrogen-bond donors (Lipinski definition) is 2. The predicted octanol–water partition coefficient (Wildman–Crippen LogP) is 8.30. The fourth-order valence-corrected chi connectivity index (χ4v) is 7.49. The van der Waals surface area contributed by atoms with Crippen LogP contribution >= 0.6 is 0 Å². The minimum atomic E-state index is -0.197. The van der Waals surface area contributed by atoms with Crippen molar-refractivity contribution in [2.45, 2.75) is 56.8 Å². The lowest BCUT2D eigenvalue weighted by Gasteiger charge is -2.31. The third-order valence-corrected chi connectivity index (χ3v) is 8.96. The van der Waals surface area contributed by atoms with Crippen molar-refractivity contribution in [2.75, 3.05) is 11.5 Å². The number of ether oxygens (including phenoxy) is 4. The Morgan fingerprint density at radius 1 is 0.462 bits per heavy atom. The van der Waals surface area contributed by atoms with Gasteiger partial charge in [0.1, 0.15) is 0 Å². The van der Waals surface area contributed by atoms with Gasteiger partial charge >= 0.3 is 0 Å². The molecule has 39 heavy (non-hydrogen) atoms. The molecule has 2 aliphatic heterocycles. The highest BCUT2D eigenvalue weighted by atomic mass is 16.6. The summed E-state index contributed by atoms with van der Waals surface area (Å²) in [5.74, 6) is 5.57. The molecule has 0 unspecified atom stereocenters. The summed E-state index contributed by atoms with van der Waals surface area (Å²) in [5, 5.41) is 0. The van der Waals surface area contributed by atoms with E-state index in [9.17, 15) is 0 Å². The molecule has 0 saturated carbocycles. The molecule has 0 aromatic heterocycles. The largest absolute Gasteiger partial charge is 0.449 e. The van der Waals surface area contributed by atoms with Gasteiger partial charge < -0.3 is 30.4 Å². The maximum absolute atomic E-state index is 6.37. The highest BCUT2D eigenvalue weighted by Crippen LogP contribution is 2.66. The van der Waals surface area contributed by atoms with Crippen LogP contribution in [0.3, 0.4) is 0 Å². The summed E-state index contributed by atoms with van der Waals surface area (Å²) in [6.45, 7) is 9.30. The van der Waals surface area contributed by atoms with Crippen LogP contribution in [-0.4, -0.2) is 0 Å². The molecule has 0 saturated heterocycles. The Balaban J connectivity index is 1.30. The van der Waals surface area contributed by atoms with E-state index in [-0.39, 0.29) is 16.2 Å². The van der Waals surface area contributed by atoms with Crippen LogP contribution in [0.15, 0.2) is 60.7 Å². The Kier molecular flexibility index (Phi) is 4.06. The van der Waals surface area contributed by atoms with E-state index < -0.39 is 0 Å². The molecule has 0 amide bonds. The Morgan fingerprint density at radius 2 is 0.795 bits per heavy atom. The number of nitrogen functional groups attached to an aromatic ring is 2. The molecule has 0 bridgehead atoms. The fourth-order valence-electron chi connectivity index (χ4n) is 7.49. The van der Waals surface area contributed by atoms with E-state index in [2.05, 4.69) is 52.0 Å². The SMILES string of the molecule is CC1(C)CC2(CC(C)(C)c3cc4c(cc32)Oc2ccc(N)cc2O4)c2cc3c(cc21)Oc1cc(N)ccc1O3. The quantitative estimate of drug-likeness (QED) is 0.197. The Morgan fingerprint density at radius 3 is 1.21 bits per heavy atom. The summed E-state index contributed by atoms with van der Waals surface area (Å²) in [4.78, 5) is 0. The number of hydrogen-bond acceptors (Lipinski definition) is 6. The minimum absolute atomic E-state index is 0.0706. The Hall–Kier alpha value is -4.32. The van der Waals surface area contributed by atoms with Crippen molar-refractivity contribution >= 4 is 11.4 Å². The van der Waals surface area contributed by atoms with E-state index >= 15 is 0 Å². The number of benzene rings is 4. The first kappa shape index (κ1) is 22.6. The first-order valence-corrected chi connectivity index (χ1v) is 13.4. The average Bonchev–Trinajstić information content (AvgIpc) is 3.22. The summed E-state index contributed by atoms with van der Waals surface area (Å²) in [7, 11) is 0. The number of anilines is 2. The molecule has 4 N–H and O–H groups in total. The molecule has 196 valence electrons. The summed E-state index contributed by atoms with van der Waals surface area (Å²) < 4.78 is 25.4. The van der Waals surface area contributed by atoms with E-state index in [1.54, 1.807) is 0 Å². The standard InChI is InChI=1S/C33H30N2O4/c1-31(2)15-33(21-13-29-27(11-19(21)31)38-25-9-17(34)5-7-23(25)36-29)16-32(3,4)20-12-28-30(14-22(20)33)37-24-8-6-18(35)10-26(24)39-28/h5-14H,15-16,34-35H2,1-4H3. The van der Waals surface area contributed by atoms with Crippen LogP contribution in [-0.2, 0) is 16.2 Å². The molecular weight excluding hydrogens is 488 g/mol. The van der Waals surface area contributed by atoms with E-state index in [1.165, 1.54) is 22.3 Å².